The molecule has 0 amide bonds. The fourth-order valence-electron chi connectivity index (χ4n) is 2.16. The maximum absolute atomic E-state index is 5.91. The number of nitrogens with two attached hydrogens (primary N) is 1. The minimum Gasteiger partial charge on any atom is -0.399 e. The molecule has 0 bridgehead atoms. The third kappa shape index (κ3) is 2.69. The average Bonchev–Trinajstić information content (AvgIpc) is 2.93. The molecule has 0 aliphatic carbocycles. The summed E-state index contributed by atoms with van der Waals surface area (Å²) in [5.41, 5.74) is 10.6. The lowest BCUT2D eigenvalue weighted by Gasteiger charge is -2.06. The van der Waals surface area contributed by atoms with Crippen LogP contribution in [-0.2, 0) is 0 Å². The number of anilines is 1. The Balaban J connectivity index is 2.04. The molecular formula is C16H14BrN3O. The van der Waals surface area contributed by atoms with Crippen molar-refractivity contribution >= 4 is 21.6 Å². The van der Waals surface area contributed by atoms with Gasteiger partial charge in [-0.2, -0.15) is 4.98 Å². The van der Waals surface area contributed by atoms with Gasteiger partial charge in [0.2, 0.25) is 5.82 Å². The number of hydrogen-bond acceptors (Lipinski definition) is 4. The standard InChI is InChI=1S/C16H14BrN3O/c1-9-7-13(18)8-14(10(9)2)16-19-15(20-21-16)11-3-5-12(17)6-4-11/h3-8H,18H2,1-2H3. The van der Waals surface area contributed by atoms with Crippen LogP contribution in [0.5, 0.6) is 0 Å². The van der Waals surface area contributed by atoms with E-state index in [-0.39, 0.29) is 0 Å². The molecule has 0 saturated heterocycles. The number of rotatable bonds is 2. The van der Waals surface area contributed by atoms with Gasteiger partial charge >= 0.3 is 0 Å². The maximum atomic E-state index is 5.91. The zero-order valence-corrected chi connectivity index (χ0v) is 13.3. The Morgan fingerprint density at radius 3 is 2.52 bits per heavy atom. The normalized spacial score (nSPS) is 10.8. The van der Waals surface area contributed by atoms with Gasteiger partial charge in [0.1, 0.15) is 0 Å². The number of nitrogen functional groups attached to an aromatic ring is 1. The Morgan fingerprint density at radius 2 is 1.81 bits per heavy atom. The Hall–Kier alpha value is -2.14. The molecule has 0 saturated carbocycles. The van der Waals surface area contributed by atoms with Crippen molar-refractivity contribution in [3.05, 3.63) is 52.0 Å². The number of hydrogen-bond donors (Lipinski definition) is 1. The molecular weight excluding hydrogens is 330 g/mol. The van der Waals surface area contributed by atoms with Gasteiger partial charge in [-0.05, 0) is 61.4 Å². The number of aromatic nitrogens is 2. The van der Waals surface area contributed by atoms with Crippen molar-refractivity contribution in [1.29, 1.82) is 0 Å². The highest BCUT2D eigenvalue weighted by Gasteiger charge is 2.14. The second kappa shape index (κ2) is 5.33. The molecule has 1 aromatic heterocycles. The third-order valence-electron chi connectivity index (χ3n) is 3.45. The smallest absolute Gasteiger partial charge is 0.258 e. The van der Waals surface area contributed by atoms with Gasteiger partial charge in [-0.25, -0.2) is 0 Å². The fraction of sp³-hybridized carbons (Fsp3) is 0.125. The largest absolute Gasteiger partial charge is 0.399 e. The second-order valence-electron chi connectivity index (χ2n) is 4.94. The lowest BCUT2D eigenvalue weighted by molar-refractivity contribution is 0.432. The molecule has 0 spiro atoms. The maximum Gasteiger partial charge on any atom is 0.258 e. The third-order valence-corrected chi connectivity index (χ3v) is 3.98. The van der Waals surface area contributed by atoms with Gasteiger partial charge in [0, 0.05) is 21.3 Å². The van der Waals surface area contributed by atoms with Crippen LogP contribution in [0.2, 0.25) is 0 Å². The Bertz CT molecular complexity index is 794. The van der Waals surface area contributed by atoms with Gasteiger partial charge in [0.05, 0.1) is 0 Å². The predicted molar refractivity (Wildman–Crippen MR) is 86.8 cm³/mol. The lowest BCUT2D eigenvalue weighted by atomic mass is 10.0. The molecule has 5 heteroatoms. The number of nitrogens with zero attached hydrogens (tertiary/aromatic N) is 2. The molecule has 0 aliphatic rings. The van der Waals surface area contributed by atoms with E-state index in [2.05, 4.69) is 26.1 Å². The van der Waals surface area contributed by atoms with Crippen LogP contribution in [0.1, 0.15) is 11.1 Å². The van der Waals surface area contributed by atoms with Crippen molar-refractivity contribution in [3.8, 4) is 22.8 Å². The number of aryl methyl sites for hydroxylation is 1. The highest BCUT2D eigenvalue weighted by atomic mass is 79.9. The summed E-state index contributed by atoms with van der Waals surface area (Å²) >= 11 is 3.41. The van der Waals surface area contributed by atoms with Crippen LogP contribution in [0, 0.1) is 13.8 Å². The van der Waals surface area contributed by atoms with E-state index in [1.54, 1.807) is 0 Å². The Morgan fingerprint density at radius 1 is 1.10 bits per heavy atom. The van der Waals surface area contributed by atoms with Gasteiger partial charge in [0.25, 0.3) is 5.89 Å². The first-order chi connectivity index (χ1) is 10.0. The number of halogens is 1. The van der Waals surface area contributed by atoms with Crippen LogP contribution in [-0.4, -0.2) is 10.1 Å². The molecule has 3 rings (SSSR count). The molecule has 0 radical (unpaired) electrons. The topological polar surface area (TPSA) is 64.9 Å². The summed E-state index contributed by atoms with van der Waals surface area (Å²) < 4.78 is 6.41. The van der Waals surface area contributed by atoms with E-state index < -0.39 is 0 Å². The summed E-state index contributed by atoms with van der Waals surface area (Å²) in [6.45, 7) is 4.04. The van der Waals surface area contributed by atoms with Crippen LogP contribution in [0.4, 0.5) is 5.69 Å². The summed E-state index contributed by atoms with van der Waals surface area (Å²) in [7, 11) is 0. The first-order valence-corrected chi connectivity index (χ1v) is 7.30. The van der Waals surface area contributed by atoms with Crippen molar-refractivity contribution in [2.45, 2.75) is 13.8 Å². The molecule has 0 aliphatic heterocycles. The molecule has 1 heterocycles. The summed E-state index contributed by atoms with van der Waals surface area (Å²) in [5, 5.41) is 4.05. The molecule has 2 N–H and O–H groups in total. The highest BCUT2D eigenvalue weighted by molar-refractivity contribution is 9.10. The van der Waals surface area contributed by atoms with E-state index >= 15 is 0 Å². The molecule has 0 fully saturated rings. The zero-order valence-electron chi connectivity index (χ0n) is 11.7. The van der Waals surface area contributed by atoms with Gasteiger partial charge < -0.3 is 10.3 Å². The summed E-state index contributed by atoms with van der Waals surface area (Å²) in [6, 6.07) is 11.6. The first kappa shape index (κ1) is 13.8. The van der Waals surface area contributed by atoms with E-state index in [1.165, 1.54) is 0 Å². The molecule has 4 nitrogen and oxygen atoms in total. The van der Waals surface area contributed by atoms with Gasteiger partial charge in [-0.15, -0.1) is 0 Å². The first-order valence-electron chi connectivity index (χ1n) is 6.51. The predicted octanol–water partition coefficient (Wildman–Crippen LogP) is 4.37. The van der Waals surface area contributed by atoms with E-state index in [0.717, 1.165) is 26.7 Å². The van der Waals surface area contributed by atoms with Crippen molar-refractivity contribution in [2.75, 3.05) is 5.73 Å². The molecule has 2 aromatic carbocycles. The van der Waals surface area contributed by atoms with Crippen LogP contribution in [0.15, 0.2) is 45.4 Å². The van der Waals surface area contributed by atoms with E-state index in [4.69, 9.17) is 10.3 Å². The second-order valence-corrected chi connectivity index (χ2v) is 5.86. The van der Waals surface area contributed by atoms with Crippen LogP contribution >= 0.6 is 15.9 Å². The van der Waals surface area contributed by atoms with Crippen LogP contribution in [0.25, 0.3) is 22.8 Å². The summed E-state index contributed by atoms with van der Waals surface area (Å²) in [4.78, 5) is 4.47. The molecule has 21 heavy (non-hydrogen) atoms. The van der Waals surface area contributed by atoms with Crippen molar-refractivity contribution in [1.82, 2.24) is 10.1 Å². The molecule has 0 atom stereocenters. The SMILES string of the molecule is Cc1cc(N)cc(-c2nc(-c3ccc(Br)cc3)no2)c1C. The van der Waals surface area contributed by atoms with E-state index in [9.17, 15) is 0 Å². The van der Waals surface area contributed by atoms with Gasteiger partial charge in [-0.1, -0.05) is 21.1 Å². The van der Waals surface area contributed by atoms with Gasteiger partial charge in [-0.3, -0.25) is 0 Å². The van der Waals surface area contributed by atoms with Crippen molar-refractivity contribution in [2.24, 2.45) is 0 Å². The van der Waals surface area contributed by atoms with Crippen LogP contribution in [0.3, 0.4) is 0 Å². The van der Waals surface area contributed by atoms with E-state index in [1.807, 2.05) is 50.2 Å². The Kier molecular flexibility index (Phi) is 3.51. The highest BCUT2D eigenvalue weighted by Crippen LogP contribution is 2.29. The quantitative estimate of drug-likeness (QED) is 0.702. The van der Waals surface area contributed by atoms with Crippen molar-refractivity contribution in [3.63, 3.8) is 0 Å². The molecule has 0 unspecified atom stereocenters. The number of benzene rings is 2. The molecule has 106 valence electrons. The summed E-state index contributed by atoms with van der Waals surface area (Å²) in [6.07, 6.45) is 0. The minimum atomic E-state index is 0.487. The zero-order chi connectivity index (χ0) is 15.0. The minimum absolute atomic E-state index is 0.487. The van der Waals surface area contributed by atoms with Gasteiger partial charge in [0.15, 0.2) is 0 Å². The Labute approximate surface area is 131 Å². The fourth-order valence-corrected chi connectivity index (χ4v) is 2.42. The van der Waals surface area contributed by atoms with Crippen LogP contribution < -0.4 is 5.73 Å². The summed E-state index contributed by atoms with van der Waals surface area (Å²) in [5.74, 6) is 1.05. The lowest BCUT2D eigenvalue weighted by Crippen LogP contribution is -1.93. The van der Waals surface area contributed by atoms with Crippen molar-refractivity contribution < 1.29 is 4.52 Å². The monoisotopic (exact) mass is 343 g/mol. The van der Waals surface area contributed by atoms with E-state index in [0.29, 0.717) is 17.4 Å². The molecule has 3 aromatic rings. The average molecular weight is 344 g/mol.